The topological polar surface area (TPSA) is 7.98 Å². The second-order valence-electron chi connectivity index (χ2n) is 20.9. The molecule has 0 N–H and O–H groups in total. The molecule has 1 aliphatic rings. The van der Waals surface area contributed by atoms with E-state index in [2.05, 4.69) is 280 Å². The van der Waals surface area contributed by atoms with Gasteiger partial charge in [0.25, 0.3) is 0 Å². The number of hydrogen-bond donors (Lipinski definition) is 0. The summed E-state index contributed by atoms with van der Waals surface area (Å²) in [6.45, 7) is 9.61. The summed E-state index contributed by atoms with van der Waals surface area (Å²) in [6.07, 6.45) is 11.0. The zero-order valence-electron chi connectivity index (χ0n) is 43.2. The molecule has 2 unspecified atom stereocenters. The van der Waals surface area contributed by atoms with Crippen LogP contribution in [0.25, 0.3) is 94.3 Å². The number of rotatable bonds is 13. The molecule has 2 heteroatoms. The van der Waals surface area contributed by atoms with Crippen molar-refractivity contribution in [3.8, 4) is 78.0 Å². The maximum Gasteiger partial charge on any atom is 0.218 e. The predicted molar refractivity (Wildman–Crippen MR) is 310 cm³/mol. The second kappa shape index (κ2) is 19.7. The number of benzene rings is 8. The van der Waals surface area contributed by atoms with E-state index in [9.17, 15) is 0 Å². The fourth-order valence-corrected chi connectivity index (χ4v) is 12.6. The summed E-state index contributed by atoms with van der Waals surface area (Å²) < 4.78 is 5.10. The average molecular weight is 957 g/mol. The Bertz CT molecular complexity index is 3850. The van der Waals surface area contributed by atoms with Gasteiger partial charge in [0.1, 0.15) is 0 Å². The van der Waals surface area contributed by atoms with Crippen molar-refractivity contribution >= 4 is 16.3 Å². The fourth-order valence-electron chi connectivity index (χ4n) is 12.6. The van der Waals surface area contributed by atoms with Crippen LogP contribution >= 0.6 is 0 Å². The van der Waals surface area contributed by atoms with Gasteiger partial charge in [0, 0.05) is 36.8 Å². The fraction of sp³-hybridized carbons (Fsp3) is 0.167. The van der Waals surface area contributed by atoms with Crippen LogP contribution < -0.4 is 8.97 Å². The minimum atomic E-state index is -0.230. The van der Waals surface area contributed by atoms with Crippen molar-refractivity contribution in [3.63, 3.8) is 0 Å². The third-order valence-corrected chi connectivity index (χ3v) is 16.8. The Balaban J connectivity index is 0.967. The first-order chi connectivity index (χ1) is 36.4. The molecule has 12 rings (SSSR count). The van der Waals surface area contributed by atoms with E-state index in [4.69, 9.17) is 0 Å². The zero-order valence-corrected chi connectivity index (χ0v) is 43.2. The SMILES string of the molecule is CCCCc1cccc(-c2cc(-c3ccccc3)cc(-c3cc(-c4ccccc4)cc(-c4cccc(-c5ccc6c(c5)-c5cccc[n+]5C(CC)(Cc5cc7ccccc7c7cccc[n+]57)C6(C)CC)c4)c3)c2)c1. The largest absolute Gasteiger partial charge is 0.218 e. The number of unbranched alkanes of at least 4 members (excludes halogenated alkanes) is 1. The van der Waals surface area contributed by atoms with E-state index in [-0.39, 0.29) is 11.0 Å². The number of nitrogens with zero attached hydrogens (tertiary/aromatic N) is 2. The van der Waals surface area contributed by atoms with Gasteiger partial charge in [0.05, 0.1) is 22.8 Å². The van der Waals surface area contributed by atoms with Gasteiger partial charge in [0.15, 0.2) is 23.6 Å². The van der Waals surface area contributed by atoms with Gasteiger partial charge < -0.3 is 0 Å². The molecule has 1 aliphatic heterocycles. The minimum absolute atomic E-state index is 0.173. The highest BCUT2D eigenvalue weighted by Crippen LogP contribution is 2.52. The lowest BCUT2D eigenvalue weighted by molar-refractivity contribution is -0.771. The van der Waals surface area contributed by atoms with Gasteiger partial charge >= 0.3 is 0 Å². The summed E-state index contributed by atoms with van der Waals surface area (Å²) in [5, 5.41) is 2.57. The molecule has 0 amide bonds. The van der Waals surface area contributed by atoms with Crippen molar-refractivity contribution in [2.45, 2.75) is 77.2 Å². The molecule has 360 valence electrons. The maximum absolute atomic E-state index is 2.65. The third kappa shape index (κ3) is 8.33. The molecule has 74 heavy (non-hydrogen) atoms. The van der Waals surface area contributed by atoms with Crippen LogP contribution in [0.2, 0.25) is 0 Å². The van der Waals surface area contributed by atoms with Crippen LogP contribution in [0.5, 0.6) is 0 Å². The number of pyridine rings is 3. The second-order valence-corrected chi connectivity index (χ2v) is 20.9. The van der Waals surface area contributed by atoms with Crippen LogP contribution in [0.3, 0.4) is 0 Å². The number of fused-ring (bicyclic) bond motifs is 6. The van der Waals surface area contributed by atoms with Gasteiger partial charge in [-0.3, -0.25) is 0 Å². The molecule has 0 radical (unpaired) electrons. The molecule has 0 spiro atoms. The highest BCUT2D eigenvalue weighted by Gasteiger charge is 2.60. The van der Waals surface area contributed by atoms with Crippen LogP contribution in [0, 0.1) is 0 Å². The van der Waals surface area contributed by atoms with Crippen LogP contribution in [0.4, 0.5) is 0 Å². The molecule has 0 saturated carbocycles. The van der Waals surface area contributed by atoms with E-state index in [0.29, 0.717) is 0 Å². The number of aryl methyl sites for hydroxylation is 1. The van der Waals surface area contributed by atoms with Gasteiger partial charge in [0.2, 0.25) is 11.2 Å². The monoisotopic (exact) mass is 957 g/mol. The van der Waals surface area contributed by atoms with Crippen LogP contribution in [0.1, 0.15) is 70.2 Å². The van der Waals surface area contributed by atoms with Crippen molar-refractivity contribution in [1.82, 2.24) is 0 Å². The summed E-state index contributed by atoms with van der Waals surface area (Å²) in [5.74, 6) is 0. The Kier molecular flexibility index (Phi) is 12.5. The van der Waals surface area contributed by atoms with Crippen LogP contribution in [0.15, 0.2) is 243 Å². The molecule has 2 nitrogen and oxygen atoms in total. The normalized spacial score (nSPS) is 16.0. The zero-order chi connectivity index (χ0) is 50.2. The smallest absolute Gasteiger partial charge is 0.191 e. The van der Waals surface area contributed by atoms with Crippen molar-refractivity contribution in [2.75, 3.05) is 0 Å². The molecule has 11 aromatic rings. The molecule has 2 atom stereocenters. The van der Waals surface area contributed by atoms with E-state index in [1.807, 2.05) is 0 Å². The molecule has 0 aliphatic carbocycles. The van der Waals surface area contributed by atoms with Crippen molar-refractivity contribution in [3.05, 3.63) is 260 Å². The third-order valence-electron chi connectivity index (χ3n) is 16.8. The van der Waals surface area contributed by atoms with Gasteiger partial charge in [-0.05, 0) is 176 Å². The van der Waals surface area contributed by atoms with Gasteiger partial charge in [-0.1, -0.05) is 161 Å². The lowest BCUT2D eigenvalue weighted by atomic mass is 9.58. The first kappa shape index (κ1) is 46.8. The first-order valence-corrected chi connectivity index (χ1v) is 26.9. The van der Waals surface area contributed by atoms with Gasteiger partial charge in [-0.2, -0.15) is 8.97 Å². The first-order valence-electron chi connectivity index (χ1n) is 26.9. The number of hydrogen-bond acceptors (Lipinski definition) is 0. The Hall–Kier alpha value is -8.20. The molecular formula is C72H64N2+2. The van der Waals surface area contributed by atoms with Crippen LogP contribution in [-0.4, -0.2) is 0 Å². The highest BCUT2D eigenvalue weighted by atomic mass is 15.1. The summed E-state index contributed by atoms with van der Waals surface area (Å²) in [7, 11) is 0. The van der Waals surface area contributed by atoms with E-state index in [1.54, 1.807) is 0 Å². The molecule has 8 aromatic carbocycles. The van der Waals surface area contributed by atoms with Gasteiger partial charge in [-0.15, -0.1) is 0 Å². The maximum atomic E-state index is 2.65. The van der Waals surface area contributed by atoms with Crippen molar-refractivity contribution in [1.29, 1.82) is 0 Å². The summed E-state index contributed by atoms with van der Waals surface area (Å²) in [5.41, 5.74) is 22.1. The quantitative estimate of drug-likeness (QED) is 0.0804. The summed E-state index contributed by atoms with van der Waals surface area (Å²) in [4.78, 5) is 0. The lowest BCUT2D eigenvalue weighted by Gasteiger charge is -2.47. The number of aromatic nitrogens is 2. The molecule has 4 heterocycles. The molecule has 0 fully saturated rings. The lowest BCUT2D eigenvalue weighted by Crippen LogP contribution is -2.70. The van der Waals surface area contributed by atoms with E-state index < -0.39 is 0 Å². The van der Waals surface area contributed by atoms with Crippen molar-refractivity contribution in [2.24, 2.45) is 0 Å². The van der Waals surface area contributed by atoms with Crippen molar-refractivity contribution < 1.29 is 8.97 Å². The standard InChI is InChI=1S/C72H64N2/c1-5-8-23-51-24-21-30-54(40-51)61-42-59(52-25-11-9-12-26-52)44-63(46-61)64-45-60(53-27-13-10-14-28-53)43-62(47-64)56-32-22-31-55(41-56)57-36-37-68-67(49-57)70-35-18-20-39-74(70)72(7-3,71(68,4)6-2)50-65-48-58-29-15-16-33-66(58)69-34-17-19-38-73(65)69/h9-22,24-49H,5-8,23,50H2,1-4H3/q+2. The predicted octanol–water partition coefficient (Wildman–Crippen LogP) is 17.9. The van der Waals surface area contributed by atoms with E-state index in [0.717, 1.165) is 25.7 Å². The summed E-state index contributed by atoms with van der Waals surface area (Å²) in [6, 6.07) is 86.5. The van der Waals surface area contributed by atoms with E-state index in [1.165, 1.54) is 124 Å². The minimum Gasteiger partial charge on any atom is -0.191 e. The van der Waals surface area contributed by atoms with Gasteiger partial charge in [-0.25, -0.2) is 0 Å². The van der Waals surface area contributed by atoms with E-state index >= 15 is 0 Å². The Morgan fingerprint density at radius 2 is 0.932 bits per heavy atom. The highest BCUT2D eigenvalue weighted by molar-refractivity contribution is 5.94. The Morgan fingerprint density at radius 3 is 1.59 bits per heavy atom. The Labute approximate surface area is 438 Å². The molecule has 0 bridgehead atoms. The molecule has 0 saturated heterocycles. The molecular weight excluding hydrogens is 893 g/mol. The molecule has 3 aromatic heterocycles. The average Bonchev–Trinajstić information content (AvgIpc) is 3.53. The Morgan fingerprint density at radius 1 is 0.405 bits per heavy atom. The van der Waals surface area contributed by atoms with Crippen LogP contribution in [-0.2, 0) is 23.8 Å². The summed E-state index contributed by atoms with van der Waals surface area (Å²) >= 11 is 0.